The Morgan fingerprint density at radius 3 is 2.59 bits per heavy atom. The zero-order valence-electron chi connectivity index (χ0n) is 21.6. The van der Waals surface area contributed by atoms with E-state index in [0.717, 1.165) is 17.7 Å². The summed E-state index contributed by atoms with van der Waals surface area (Å²) in [4.78, 5) is 52.3. The number of ether oxygens (including phenoxy) is 5. The first kappa shape index (κ1) is 26.2. The Morgan fingerprint density at radius 2 is 1.85 bits per heavy atom. The lowest BCUT2D eigenvalue weighted by Crippen LogP contribution is -3.15. The lowest BCUT2D eigenvalue weighted by Gasteiger charge is -2.35. The first-order valence-corrected chi connectivity index (χ1v) is 13.8. The van der Waals surface area contributed by atoms with Gasteiger partial charge in [0.1, 0.15) is 36.7 Å². The molecule has 1 aromatic rings. The molecular formula is C28H33FNO9+. The van der Waals surface area contributed by atoms with Gasteiger partial charge in [-0.05, 0) is 49.8 Å². The van der Waals surface area contributed by atoms with Gasteiger partial charge in [0.2, 0.25) is 0 Å². The predicted octanol–water partition coefficient (Wildman–Crippen LogP) is 0.316. The molecule has 5 fully saturated rings. The smallest absolute Gasteiger partial charge is 0.362 e. The number of carbonyl (C=O) groups is 4. The van der Waals surface area contributed by atoms with Crippen molar-refractivity contribution in [1.82, 2.24) is 0 Å². The standard InChI is InChI=1S/C28H32FNO9/c29-17-5-3-4-16(12-17)28(6-1-2-7-28)39-27(34)23-19-13-18-22(23)26(33)38-25(18)24(19)37-21(32)15-36-20(31)14-30-8-10-35-11-9-30/h3-5,12,18-19,22-25H,1-2,6-11,13-15H2/p+1. The Kier molecular flexibility index (Phi) is 7.05. The third-order valence-corrected chi connectivity index (χ3v) is 9.09. The second-order valence-electron chi connectivity index (χ2n) is 11.3. The molecule has 0 spiro atoms. The minimum atomic E-state index is -0.953. The lowest BCUT2D eigenvalue weighted by atomic mass is 9.78. The molecule has 10 nitrogen and oxygen atoms in total. The molecule has 1 aromatic carbocycles. The second kappa shape index (κ2) is 10.5. The zero-order valence-corrected chi connectivity index (χ0v) is 21.6. The van der Waals surface area contributed by atoms with Gasteiger partial charge in [-0.25, -0.2) is 14.0 Å². The molecule has 11 heteroatoms. The molecule has 0 aromatic heterocycles. The summed E-state index contributed by atoms with van der Waals surface area (Å²) in [6.07, 6.45) is 1.84. The SMILES string of the molecule is O=C(C[NH+]1CCOCC1)OCC(=O)OC1C2CC3C1OC(=O)C3C2C(=O)OC1(c2cccc(F)c2)CCCC1. The molecule has 2 bridgehead atoms. The molecule has 39 heavy (non-hydrogen) atoms. The van der Waals surface area contributed by atoms with Gasteiger partial charge in [0.05, 0.1) is 25.0 Å². The number of quaternary nitrogens is 1. The van der Waals surface area contributed by atoms with Gasteiger partial charge in [0.15, 0.2) is 13.2 Å². The fourth-order valence-electron chi connectivity index (χ4n) is 7.31. The van der Waals surface area contributed by atoms with Crippen LogP contribution in [0.25, 0.3) is 0 Å². The number of halogens is 1. The van der Waals surface area contributed by atoms with Gasteiger partial charge in [0.25, 0.3) is 0 Å². The molecule has 2 aliphatic heterocycles. The Balaban J connectivity index is 1.11. The van der Waals surface area contributed by atoms with E-state index in [1.54, 1.807) is 12.1 Å². The van der Waals surface area contributed by atoms with Gasteiger partial charge in [-0.2, -0.15) is 0 Å². The maximum absolute atomic E-state index is 14.0. The number of fused-ring (bicyclic) bond motifs is 1. The lowest BCUT2D eigenvalue weighted by molar-refractivity contribution is -0.900. The highest BCUT2D eigenvalue weighted by molar-refractivity contribution is 5.86. The number of hydrogen-bond acceptors (Lipinski definition) is 9. The molecule has 6 unspecified atom stereocenters. The van der Waals surface area contributed by atoms with Crippen LogP contribution < -0.4 is 4.90 Å². The summed E-state index contributed by atoms with van der Waals surface area (Å²) in [5, 5.41) is 0. The first-order valence-electron chi connectivity index (χ1n) is 13.8. The molecule has 210 valence electrons. The number of carbonyl (C=O) groups excluding carboxylic acids is 4. The van der Waals surface area contributed by atoms with Crippen LogP contribution in [0.2, 0.25) is 0 Å². The number of hydrogen-bond donors (Lipinski definition) is 1. The van der Waals surface area contributed by atoms with Gasteiger partial charge in [0, 0.05) is 11.8 Å². The number of benzene rings is 1. The molecule has 3 saturated carbocycles. The summed E-state index contributed by atoms with van der Waals surface area (Å²) < 4.78 is 41.8. The molecule has 0 radical (unpaired) electrons. The Hall–Kier alpha value is -3.05. The van der Waals surface area contributed by atoms with E-state index < -0.39 is 71.9 Å². The van der Waals surface area contributed by atoms with Crippen molar-refractivity contribution in [3.05, 3.63) is 35.6 Å². The van der Waals surface area contributed by atoms with Crippen molar-refractivity contribution in [3.63, 3.8) is 0 Å². The summed E-state index contributed by atoms with van der Waals surface area (Å²) >= 11 is 0. The maximum atomic E-state index is 14.0. The molecule has 0 amide bonds. The average Bonchev–Trinajstić information content (AvgIpc) is 3.67. The second-order valence-corrected chi connectivity index (χ2v) is 11.3. The van der Waals surface area contributed by atoms with Crippen molar-refractivity contribution < 1.29 is 52.2 Å². The minimum Gasteiger partial charge on any atom is -0.458 e. The third-order valence-electron chi connectivity index (χ3n) is 9.09. The molecule has 2 heterocycles. The van der Waals surface area contributed by atoms with E-state index in [-0.39, 0.29) is 12.5 Å². The number of esters is 4. The summed E-state index contributed by atoms with van der Waals surface area (Å²) in [5.74, 6) is -4.87. The van der Waals surface area contributed by atoms with E-state index in [1.165, 1.54) is 12.1 Å². The van der Waals surface area contributed by atoms with E-state index in [9.17, 15) is 23.6 Å². The Labute approximate surface area is 225 Å². The van der Waals surface area contributed by atoms with Crippen LogP contribution in [0.1, 0.15) is 37.7 Å². The van der Waals surface area contributed by atoms with Crippen LogP contribution in [-0.4, -0.2) is 75.5 Å². The average molecular weight is 547 g/mol. The van der Waals surface area contributed by atoms with E-state index in [4.69, 9.17) is 23.7 Å². The fourth-order valence-corrected chi connectivity index (χ4v) is 7.31. The van der Waals surface area contributed by atoms with E-state index in [0.29, 0.717) is 51.1 Å². The van der Waals surface area contributed by atoms with Crippen molar-refractivity contribution in [2.75, 3.05) is 39.5 Å². The summed E-state index contributed by atoms with van der Waals surface area (Å²) in [6.45, 7) is 2.10. The zero-order chi connectivity index (χ0) is 27.1. The molecule has 2 saturated heterocycles. The monoisotopic (exact) mass is 546 g/mol. The molecule has 6 atom stereocenters. The van der Waals surface area contributed by atoms with Gasteiger partial charge in [-0.1, -0.05) is 12.1 Å². The highest BCUT2D eigenvalue weighted by Crippen LogP contribution is 2.59. The quantitative estimate of drug-likeness (QED) is 0.363. The van der Waals surface area contributed by atoms with Crippen LogP contribution in [0.4, 0.5) is 4.39 Å². The number of morpholine rings is 1. The van der Waals surface area contributed by atoms with Crippen molar-refractivity contribution in [2.45, 2.75) is 49.9 Å². The Bertz CT molecular complexity index is 1150. The van der Waals surface area contributed by atoms with Gasteiger partial charge < -0.3 is 28.6 Å². The van der Waals surface area contributed by atoms with Crippen molar-refractivity contribution in [2.24, 2.45) is 23.7 Å². The Morgan fingerprint density at radius 1 is 1.08 bits per heavy atom. The van der Waals surface area contributed by atoms with Gasteiger partial charge >= 0.3 is 23.9 Å². The minimum absolute atomic E-state index is 0.133. The van der Waals surface area contributed by atoms with Crippen LogP contribution in [0, 0.1) is 29.5 Å². The van der Waals surface area contributed by atoms with Crippen LogP contribution in [-0.2, 0) is 48.5 Å². The fraction of sp³-hybridized carbons (Fsp3) is 0.643. The number of rotatable bonds is 8. The topological polar surface area (TPSA) is 119 Å². The van der Waals surface area contributed by atoms with E-state index in [1.807, 2.05) is 0 Å². The van der Waals surface area contributed by atoms with Crippen LogP contribution in [0.5, 0.6) is 0 Å². The predicted molar refractivity (Wildman–Crippen MR) is 128 cm³/mol. The van der Waals surface area contributed by atoms with Crippen molar-refractivity contribution in [3.8, 4) is 0 Å². The summed E-state index contributed by atoms with van der Waals surface area (Å²) in [6, 6.07) is 6.10. The van der Waals surface area contributed by atoms with Crippen LogP contribution >= 0.6 is 0 Å². The van der Waals surface area contributed by atoms with Crippen LogP contribution in [0.15, 0.2) is 24.3 Å². The van der Waals surface area contributed by atoms with Gasteiger partial charge in [-0.3, -0.25) is 9.59 Å². The van der Waals surface area contributed by atoms with Crippen LogP contribution in [0.3, 0.4) is 0 Å². The third kappa shape index (κ3) is 4.91. The molecule has 6 rings (SSSR count). The molecular weight excluding hydrogens is 513 g/mol. The maximum Gasteiger partial charge on any atom is 0.362 e. The molecule has 3 aliphatic carbocycles. The van der Waals surface area contributed by atoms with E-state index in [2.05, 4.69) is 0 Å². The summed E-state index contributed by atoms with van der Waals surface area (Å²) in [5.41, 5.74) is -0.349. The molecule has 1 N–H and O–H groups in total. The van der Waals surface area contributed by atoms with Gasteiger partial charge in [-0.15, -0.1) is 0 Å². The van der Waals surface area contributed by atoms with Crippen molar-refractivity contribution >= 4 is 23.9 Å². The highest BCUT2D eigenvalue weighted by Gasteiger charge is 2.70. The van der Waals surface area contributed by atoms with Crippen molar-refractivity contribution in [1.29, 1.82) is 0 Å². The summed E-state index contributed by atoms with van der Waals surface area (Å²) in [7, 11) is 0. The number of nitrogens with one attached hydrogen (secondary N) is 1. The normalized spacial score (nSPS) is 32.6. The first-order chi connectivity index (χ1) is 18.8. The highest BCUT2D eigenvalue weighted by atomic mass is 19.1. The largest absolute Gasteiger partial charge is 0.458 e. The molecule has 5 aliphatic rings. The van der Waals surface area contributed by atoms with E-state index >= 15 is 0 Å².